The second-order valence-electron chi connectivity index (χ2n) is 2.52. The van der Waals surface area contributed by atoms with E-state index in [0.29, 0.717) is 12.3 Å². The lowest BCUT2D eigenvalue weighted by Gasteiger charge is -2.16. The highest BCUT2D eigenvalue weighted by Gasteiger charge is 2.13. The van der Waals surface area contributed by atoms with Gasteiger partial charge in [-0.2, -0.15) is 0 Å². The van der Waals surface area contributed by atoms with Crippen molar-refractivity contribution in [2.24, 2.45) is 5.92 Å². The van der Waals surface area contributed by atoms with Crippen LogP contribution in [-0.4, -0.2) is 11.2 Å². The van der Waals surface area contributed by atoms with Gasteiger partial charge in [0, 0.05) is 6.42 Å². The molecule has 0 aliphatic rings. The molecule has 1 N–H and O–H groups in total. The molecule has 0 amide bonds. The average molecular weight is 139 g/mol. The molecule has 0 saturated carbocycles. The highest BCUT2D eigenvalue weighted by atomic mass is 16.3. The normalized spacial score (nSPS) is 13.1. The largest absolute Gasteiger partial charge is 0.392 e. The zero-order valence-corrected chi connectivity index (χ0v) is 6.72. The second kappa shape index (κ2) is 5.32. The van der Waals surface area contributed by atoms with E-state index in [2.05, 4.69) is 19.8 Å². The van der Waals surface area contributed by atoms with Crippen LogP contribution >= 0.6 is 0 Å². The molecule has 0 aromatic rings. The molecule has 1 atom stereocenters. The SMILES string of the molecule is [C]#CCC(O)C(CC)CC. The van der Waals surface area contributed by atoms with Crippen LogP contribution in [0.4, 0.5) is 0 Å². The minimum atomic E-state index is -0.354. The van der Waals surface area contributed by atoms with Crippen LogP contribution < -0.4 is 0 Å². The number of hydrogen-bond acceptors (Lipinski definition) is 1. The zero-order chi connectivity index (χ0) is 7.98. The lowest BCUT2D eigenvalue weighted by atomic mass is 9.95. The van der Waals surface area contributed by atoms with Crippen LogP contribution in [0.15, 0.2) is 0 Å². The maximum atomic E-state index is 9.33. The fourth-order valence-electron chi connectivity index (χ4n) is 1.10. The first-order chi connectivity index (χ1) is 4.76. The standard InChI is InChI=1S/C9H15O/c1-4-7-9(10)8(5-2)6-3/h8-10H,5-7H2,2-3H3. The van der Waals surface area contributed by atoms with Crippen molar-refractivity contribution in [3.8, 4) is 5.92 Å². The summed E-state index contributed by atoms with van der Waals surface area (Å²) in [6, 6.07) is 0. The Morgan fingerprint density at radius 2 is 1.90 bits per heavy atom. The van der Waals surface area contributed by atoms with Crippen LogP contribution in [-0.2, 0) is 0 Å². The van der Waals surface area contributed by atoms with Crippen molar-refractivity contribution in [1.29, 1.82) is 0 Å². The number of aliphatic hydroxyl groups excluding tert-OH is 1. The summed E-state index contributed by atoms with van der Waals surface area (Å²) in [6.07, 6.45) is 8.66. The molecule has 0 aromatic heterocycles. The molecule has 0 aromatic carbocycles. The predicted octanol–water partition coefficient (Wildman–Crippen LogP) is 1.76. The van der Waals surface area contributed by atoms with E-state index in [0.717, 1.165) is 12.8 Å². The first-order valence-electron chi connectivity index (χ1n) is 3.83. The molecular formula is C9H15O. The van der Waals surface area contributed by atoms with E-state index in [1.165, 1.54) is 0 Å². The van der Waals surface area contributed by atoms with E-state index in [1.54, 1.807) is 0 Å². The van der Waals surface area contributed by atoms with E-state index in [-0.39, 0.29) is 6.10 Å². The topological polar surface area (TPSA) is 20.2 Å². The van der Waals surface area contributed by atoms with Crippen molar-refractivity contribution in [2.75, 3.05) is 0 Å². The molecule has 0 bridgehead atoms. The first kappa shape index (κ1) is 9.52. The lowest BCUT2D eigenvalue weighted by Crippen LogP contribution is -2.18. The summed E-state index contributed by atoms with van der Waals surface area (Å²) >= 11 is 0. The third-order valence-electron chi connectivity index (χ3n) is 1.90. The average Bonchev–Trinajstić information content (AvgIpc) is 1.91. The summed E-state index contributed by atoms with van der Waals surface area (Å²) in [7, 11) is 0. The van der Waals surface area contributed by atoms with E-state index in [4.69, 9.17) is 6.42 Å². The van der Waals surface area contributed by atoms with Crippen LogP contribution in [0.3, 0.4) is 0 Å². The van der Waals surface area contributed by atoms with Gasteiger partial charge >= 0.3 is 0 Å². The zero-order valence-electron chi connectivity index (χ0n) is 6.72. The third kappa shape index (κ3) is 2.89. The van der Waals surface area contributed by atoms with Crippen LogP contribution in [0.5, 0.6) is 0 Å². The number of rotatable bonds is 4. The molecule has 0 spiro atoms. The molecule has 0 aliphatic heterocycles. The van der Waals surface area contributed by atoms with Crippen molar-refractivity contribution in [1.82, 2.24) is 0 Å². The van der Waals surface area contributed by atoms with Crippen molar-refractivity contribution in [3.63, 3.8) is 0 Å². The van der Waals surface area contributed by atoms with Gasteiger partial charge in [0.1, 0.15) is 0 Å². The van der Waals surface area contributed by atoms with E-state index in [9.17, 15) is 5.11 Å². The van der Waals surface area contributed by atoms with E-state index < -0.39 is 0 Å². The minimum absolute atomic E-state index is 0.345. The summed E-state index contributed by atoms with van der Waals surface area (Å²) in [4.78, 5) is 0. The molecule has 0 rings (SSSR count). The lowest BCUT2D eigenvalue weighted by molar-refractivity contribution is 0.107. The minimum Gasteiger partial charge on any atom is -0.392 e. The molecule has 10 heavy (non-hydrogen) atoms. The van der Waals surface area contributed by atoms with Crippen LogP contribution in [0.2, 0.25) is 0 Å². The van der Waals surface area contributed by atoms with Gasteiger partial charge in [0.15, 0.2) is 0 Å². The third-order valence-corrected chi connectivity index (χ3v) is 1.90. The second-order valence-corrected chi connectivity index (χ2v) is 2.52. The summed E-state index contributed by atoms with van der Waals surface area (Å²) in [5.74, 6) is 2.56. The molecule has 57 valence electrons. The molecule has 0 fully saturated rings. The summed E-state index contributed by atoms with van der Waals surface area (Å²) in [5, 5.41) is 9.33. The Balaban J connectivity index is 3.66. The van der Waals surface area contributed by atoms with Crippen molar-refractivity contribution in [2.45, 2.75) is 39.2 Å². The Kier molecular flexibility index (Phi) is 5.06. The van der Waals surface area contributed by atoms with Crippen molar-refractivity contribution >= 4 is 0 Å². The van der Waals surface area contributed by atoms with Crippen molar-refractivity contribution < 1.29 is 5.11 Å². The number of aliphatic hydroxyl groups is 1. The molecule has 1 heteroatoms. The Labute approximate surface area is 63.5 Å². The maximum absolute atomic E-state index is 9.33. The quantitative estimate of drug-likeness (QED) is 0.588. The van der Waals surface area contributed by atoms with Crippen LogP contribution in [0.25, 0.3) is 0 Å². The van der Waals surface area contributed by atoms with Crippen molar-refractivity contribution in [3.05, 3.63) is 6.42 Å². The maximum Gasteiger partial charge on any atom is 0.0677 e. The highest BCUT2D eigenvalue weighted by molar-refractivity contribution is 4.82. The first-order valence-corrected chi connectivity index (χ1v) is 3.83. The van der Waals surface area contributed by atoms with E-state index in [1.807, 2.05) is 0 Å². The van der Waals surface area contributed by atoms with Gasteiger partial charge in [0.2, 0.25) is 0 Å². The Bertz CT molecular complexity index is 108. The molecule has 0 saturated heterocycles. The van der Waals surface area contributed by atoms with Gasteiger partial charge in [-0.15, -0.1) is 0 Å². The molecule has 1 radical (unpaired) electrons. The molecular weight excluding hydrogens is 124 g/mol. The molecule has 0 aliphatic carbocycles. The smallest absolute Gasteiger partial charge is 0.0677 e. The summed E-state index contributed by atoms with van der Waals surface area (Å²) in [6.45, 7) is 4.11. The predicted molar refractivity (Wildman–Crippen MR) is 41.8 cm³/mol. The van der Waals surface area contributed by atoms with Gasteiger partial charge in [-0.05, 0) is 12.3 Å². The van der Waals surface area contributed by atoms with Gasteiger partial charge in [-0.1, -0.05) is 32.6 Å². The monoisotopic (exact) mass is 139 g/mol. The van der Waals surface area contributed by atoms with Gasteiger partial charge in [0.25, 0.3) is 0 Å². The van der Waals surface area contributed by atoms with E-state index >= 15 is 0 Å². The molecule has 0 heterocycles. The summed E-state index contributed by atoms with van der Waals surface area (Å²) < 4.78 is 0. The Hall–Kier alpha value is -0.480. The number of hydrogen-bond donors (Lipinski definition) is 1. The Morgan fingerprint density at radius 3 is 2.20 bits per heavy atom. The van der Waals surface area contributed by atoms with Crippen LogP contribution in [0, 0.1) is 18.3 Å². The van der Waals surface area contributed by atoms with Gasteiger partial charge in [0.05, 0.1) is 6.10 Å². The van der Waals surface area contributed by atoms with Crippen LogP contribution in [0.1, 0.15) is 33.1 Å². The summed E-state index contributed by atoms with van der Waals surface area (Å²) in [5.41, 5.74) is 0. The molecule has 1 nitrogen and oxygen atoms in total. The molecule has 1 unspecified atom stereocenters. The van der Waals surface area contributed by atoms with Gasteiger partial charge < -0.3 is 5.11 Å². The Morgan fingerprint density at radius 1 is 1.40 bits per heavy atom. The fourth-order valence-corrected chi connectivity index (χ4v) is 1.10. The highest BCUT2D eigenvalue weighted by Crippen LogP contribution is 2.14. The van der Waals surface area contributed by atoms with Gasteiger partial charge in [-0.25, -0.2) is 0 Å². The fraction of sp³-hybridized carbons (Fsp3) is 0.778. The van der Waals surface area contributed by atoms with Gasteiger partial charge in [-0.3, -0.25) is 0 Å².